The maximum absolute atomic E-state index is 13.0. The maximum atomic E-state index is 13.0. The fourth-order valence-electron chi connectivity index (χ4n) is 3.52. The minimum absolute atomic E-state index is 0.0542. The number of rotatable bonds is 7. The molecule has 0 spiro atoms. The van der Waals surface area contributed by atoms with Crippen molar-refractivity contribution in [3.63, 3.8) is 0 Å². The molecule has 0 N–H and O–H groups in total. The zero-order chi connectivity index (χ0) is 20.3. The normalized spacial score (nSPS) is 19.5. The van der Waals surface area contributed by atoms with Gasteiger partial charge < -0.3 is 9.47 Å². The van der Waals surface area contributed by atoms with Gasteiger partial charge in [-0.2, -0.15) is 0 Å². The molecule has 1 amide bonds. The molecule has 7 nitrogen and oxygen atoms in total. The van der Waals surface area contributed by atoms with E-state index in [0.29, 0.717) is 24.7 Å². The summed E-state index contributed by atoms with van der Waals surface area (Å²) in [5.41, 5.74) is 0.981. The van der Waals surface area contributed by atoms with Crippen LogP contribution in [0.15, 0.2) is 35.5 Å². The van der Waals surface area contributed by atoms with E-state index in [9.17, 15) is 13.2 Å². The predicted molar refractivity (Wildman–Crippen MR) is 111 cm³/mol. The first-order valence-electron chi connectivity index (χ1n) is 9.52. The van der Waals surface area contributed by atoms with Gasteiger partial charge in [-0.3, -0.25) is 4.79 Å². The first-order valence-corrected chi connectivity index (χ1v) is 12.2. The molecule has 1 fully saturated rings. The van der Waals surface area contributed by atoms with E-state index in [0.717, 1.165) is 11.4 Å². The number of hydrogen-bond acceptors (Lipinski definition) is 6. The molecule has 1 aromatic carbocycles. The first-order chi connectivity index (χ1) is 13.4. The minimum atomic E-state index is -3.03. The SMILES string of the molecule is CCN(C(=O)[C@H](C)Sc1nnc(-c2ccccc2)n1CC)[C@@H]1CCS(=O)(=O)C1. The maximum Gasteiger partial charge on any atom is 0.236 e. The lowest BCUT2D eigenvalue weighted by atomic mass is 10.2. The van der Waals surface area contributed by atoms with Crippen LogP contribution < -0.4 is 0 Å². The smallest absolute Gasteiger partial charge is 0.236 e. The van der Waals surface area contributed by atoms with Gasteiger partial charge in [-0.1, -0.05) is 42.1 Å². The molecule has 28 heavy (non-hydrogen) atoms. The number of amides is 1. The van der Waals surface area contributed by atoms with Gasteiger partial charge in [0.15, 0.2) is 20.8 Å². The Bertz CT molecular complexity index is 928. The van der Waals surface area contributed by atoms with Gasteiger partial charge in [0.1, 0.15) is 0 Å². The van der Waals surface area contributed by atoms with Crippen molar-refractivity contribution in [2.45, 2.75) is 50.2 Å². The van der Waals surface area contributed by atoms with E-state index in [4.69, 9.17) is 0 Å². The first kappa shape index (κ1) is 20.9. The largest absolute Gasteiger partial charge is 0.338 e. The van der Waals surface area contributed by atoms with Crippen molar-refractivity contribution in [2.75, 3.05) is 18.1 Å². The van der Waals surface area contributed by atoms with Gasteiger partial charge in [0.25, 0.3) is 0 Å². The molecule has 0 radical (unpaired) electrons. The van der Waals surface area contributed by atoms with Crippen molar-refractivity contribution in [1.29, 1.82) is 0 Å². The number of aromatic nitrogens is 3. The number of nitrogens with zero attached hydrogens (tertiary/aromatic N) is 4. The molecule has 2 aromatic rings. The molecule has 2 heterocycles. The van der Waals surface area contributed by atoms with Gasteiger partial charge in [-0.15, -0.1) is 10.2 Å². The Morgan fingerprint density at radius 1 is 1.29 bits per heavy atom. The third kappa shape index (κ3) is 4.41. The highest BCUT2D eigenvalue weighted by atomic mass is 32.2. The molecule has 9 heteroatoms. The van der Waals surface area contributed by atoms with Crippen molar-refractivity contribution in [2.24, 2.45) is 0 Å². The van der Waals surface area contributed by atoms with Crippen molar-refractivity contribution < 1.29 is 13.2 Å². The van der Waals surface area contributed by atoms with E-state index in [1.54, 1.807) is 4.90 Å². The van der Waals surface area contributed by atoms with E-state index < -0.39 is 9.84 Å². The highest BCUT2D eigenvalue weighted by Crippen LogP contribution is 2.29. The van der Waals surface area contributed by atoms with E-state index >= 15 is 0 Å². The molecular weight excluding hydrogens is 396 g/mol. The number of sulfone groups is 1. The molecule has 152 valence electrons. The summed E-state index contributed by atoms with van der Waals surface area (Å²) in [4.78, 5) is 14.7. The predicted octanol–water partition coefficient (Wildman–Crippen LogP) is 2.48. The van der Waals surface area contributed by atoms with Crippen LogP contribution in [0.2, 0.25) is 0 Å². The van der Waals surface area contributed by atoms with Gasteiger partial charge in [-0.25, -0.2) is 8.42 Å². The van der Waals surface area contributed by atoms with Gasteiger partial charge in [-0.05, 0) is 27.2 Å². The van der Waals surface area contributed by atoms with Gasteiger partial charge >= 0.3 is 0 Å². The van der Waals surface area contributed by atoms with Crippen LogP contribution in [0.3, 0.4) is 0 Å². The molecular formula is C19H26N4O3S2. The van der Waals surface area contributed by atoms with Gasteiger partial charge in [0.2, 0.25) is 5.91 Å². The van der Waals surface area contributed by atoms with Crippen LogP contribution in [-0.2, 0) is 21.2 Å². The second-order valence-corrected chi connectivity index (χ2v) is 10.4. The van der Waals surface area contributed by atoms with E-state index in [1.165, 1.54) is 11.8 Å². The summed E-state index contributed by atoms with van der Waals surface area (Å²) in [5.74, 6) is 0.946. The van der Waals surface area contributed by atoms with Crippen LogP contribution in [0.25, 0.3) is 11.4 Å². The van der Waals surface area contributed by atoms with Crippen LogP contribution >= 0.6 is 11.8 Å². The number of hydrogen-bond donors (Lipinski definition) is 0. The summed E-state index contributed by atoms with van der Waals surface area (Å²) in [6.45, 7) is 6.95. The molecule has 0 aliphatic carbocycles. The fourth-order valence-corrected chi connectivity index (χ4v) is 6.23. The van der Waals surface area contributed by atoms with E-state index in [1.807, 2.05) is 55.7 Å². The lowest BCUT2D eigenvalue weighted by Gasteiger charge is -2.29. The Kier molecular flexibility index (Phi) is 6.44. The van der Waals surface area contributed by atoms with Crippen molar-refractivity contribution in [3.05, 3.63) is 30.3 Å². The van der Waals surface area contributed by atoms with Crippen LogP contribution in [0.5, 0.6) is 0 Å². The second-order valence-electron chi connectivity index (χ2n) is 6.86. The molecule has 1 aromatic heterocycles. The molecule has 1 aliphatic heterocycles. The lowest BCUT2D eigenvalue weighted by molar-refractivity contribution is -0.131. The summed E-state index contributed by atoms with van der Waals surface area (Å²) in [7, 11) is -3.03. The number of thioether (sulfide) groups is 1. The summed E-state index contributed by atoms with van der Waals surface area (Å²) >= 11 is 1.37. The van der Waals surface area contributed by atoms with Crippen molar-refractivity contribution in [3.8, 4) is 11.4 Å². The van der Waals surface area contributed by atoms with E-state index in [2.05, 4.69) is 10.2 Å². The summed E-state index contributed by atoms with van der Waals surface area (Å²) in [6.07, 6.45) is 0.516. The highest BCUT2D eigenvalue weighted by Gasteiger charge is 2.35. The number of benzene rings is 1. The number of carbonyl (C=O) groups excluding carboxylic acids is 1. The van der Waals surface area contributed by atoms with Gasteiger partial charge in [0.05, 0.1) is 16.8 Å². The molecule has 0 saturated carbocycles. The third-order valence-corrected chi connectivity index (χ3v) is 7.79. The molecule has 1 saturated heterocycles. The molecule has 3 rings (SSSR count). The second kappa shape index (κ2) is 8.65. The summed E-state index contributed by atoms with van der Waals surface area (Å²) < 4.78 is 25.6. The van der Waals surface area contributed by atoms with Crippen LogP contribution in [0.1, 0.15) is 27.2 Å². The Hall–Kier alpha value is -1.87. The fraction of sp³-hybridized carbons (Fsp3) is 0.526. The Balaban J connectivity index is 1.76. The Morgan fingerprint density at radius 2 is 2.00 bits per heavy atom. The van der Waals surface area contributed by atoms with Gasteiger partial charge in [0, 0.05) is 24.7 Å². The molecule has 1 aliphatic rings. The Labute approximate surface area is 170 Å². The summed E-state index contributed by atoms with van der Waals surface area (Å²) in [6, 6.07) is 9.61. The Morgan fingerprint density at radius 3 is 2.57 bits per heavy atom. The standard InChI is InChI=1S/C19H26N4O3S2/c1-4-22(16-11-12-28(25,26)13-16)18(24)14(3)27-19-21-20-17(23(19)5-2)15-9-7-6-8-10-15/h6-10,14,16H,4-5,11-13H2,1-3H3/t14-,16+/m0/s1. The monoisotopic (exact) mass is 422 g/mol. The van der Waals surface area contributed by atoms with Crippen LogP contribution in [0, 0.1) is 0 Å². The number of carbonyl (C=O) groups is 1. The minimum Gasteiger partial charge on any atom is -0.338 e. The van der Waals surface area contributed by atoms with Crippen LogP contribution in [-0.4, -0.2) is 63.3 Å². The van der Waals surface area contributed by atoms with Crippen LogP contribution in [0.4, 0.5) is 0 Å². The quantitative estimate of drug-likeness (QED) is 0.637. The van der Waals surface area contributed by atoms with Crippen molar-refractivity contribution >= 4 is 27.5 Å². The average Bonchev–Trinajstić information content (AvgIpc) is 3.25. The zero-order valence-corrected chi connectivity index (χ0v) is 18.0. The topological polar surface area (TPSA) is 85.2 Å². The zero-order valence-electron chi connectivity index (χ0n) is 16.4. The molecule has 2 atom stereocenters. The molecule has 0 bridgehead atoms. The third-order valence-electron chi connectivity index (χ3n) is 4.97. The average molecular weight is 423 g/mol. The summed E-state index contributed by atoms with van der Waals surface area (Å²) in [5, 5.41) is 8.94. The van der Waals surface area contributed by atoms with Crippen molar-refractivity contribution in [1.82, 2.24) is 19.7 Å². The molecule has 0 unspecified atom stereocenters. The highest BCUT2D eigenvalue weighted by molar-refractivity contribution is 8.00. The van der Waals surface area contributed by atoms with E-state index in [-0.39, 0.29) is 28.7 Å². The lowest BCUT2D eigenvalue weighted by Crippen LogP contribution is -2.44.